The van der Waals surface area contributed by atoms with Gasteiger partial charge in [-0.05, 0) is 36.8 Å². The summed E-state index contributed by atoms with van der Waals surface area (Å²) >= 11 is 0. The number of hydrogen-bond acceptors (Lipinski definition) is 2. The summed E-state index contributed by atoms with van der Waals surface area (Å²) in [5.41, 5.74) is 1.29. The Morgan fingerprint density at radius 1 is 1.11 bits per heavy atom. The molecular formula is C22H32N6. The van der Waals surface area contributed by atoms with E-state index >= 15 is 0 Å². The standard InChI is InChI=1S/C22H32N6/c1-4-23-22(26-16-21-24-12-15-28(21)17-18(2)3)25-11-7-13-27-14-10-19-8-5-6-9-20(19)27/h5-6,8-10,12,14-15,18H,4,7,11,13,16-17H2,1-3H3,(H2,23,25,26). The zero-order chi connectivity index (χ0) is 19.8. The maximum atomic E-state index is 4.71. The third-order valence-corrected chi connectivity index (χ3v) is 4.63. The summed E-state index contributed by atoms with van der Waals surface area (Å²) in [6, 6.07) is 10.7. The van der Waals surface area contributed by atoms with Gasteiger partial charge in [0.2, 0.25) is 0 Å². The quantitative estimate of drug-likeness (QED) is 0.338. The molecule has 0 radical (unpaired) electrons. The van der Waals surface area contributed by atoms with E-state index in [1.54, 1.807) is 0 Å². The zero-order valence-corrected chi connectivity index (χ0v) is 17.2. The zero-order valence-electron chi connectivity index (χ0n) is 17.2. The fraction of sp³-hybridized carbons (Fsp3) is 0.455. The smallest absolute Gasteiger partial charge is 0.191 e. The SMILES string of the molecule is CCNC(=NCc1nccn1CC(C)C)NCCCn1ccc2ccccc21. The van der Waals surface area contributed by atoms with Gasteiger partial charge in [-0.25, -0.2) is 9.98 Å². The minimum Gasteiger partial charge on any atom is -0.357 e. The molecule has 2 N–H and O–H groups in total. The van der Waals surface area contributed by atoms with Crippen molar-refractivity contribution in [1.29, 1.82) is 0 Å². The van der Waals surface area contributed by atoms with Gasteiger partial charge in [-0.3, -0.25) is 0 Å². The molecule has 0 saturated heterocycles. The molecule has 6 nitrogen and oxygen atoms in total. The van der Waals surface area contributed by atoms with Crippen molar-refractivity contribution in [3.63, 3.8) is 0 Å². The first kappa shape index (κ1) is 20.0. The summed E-state index contributed by atoms with van der Waals surface area (Å²) in [5.74, 6) is 2.44. The van der Waals surface area contributed by atoms with E-state index in [0.717, 1.165) is 44.4 Å². The van der Waals surface area contributed by atoms with Crippen molar-refractivity contribution in [2.75, 3.05) is 13.1 Å². The van der Waals surface area contributed by atoms with E-state index in [4.69, 9.17) is 4.99 Å². The topological polar surface area (TPSA) is 59.2 Å². The van der Waals surface area contributed by atoms with Crippen LogP contribution in [0.15, 0.2) is 53.9 Å². The molecule has 3 rings (SSSR count). The number of hydrogen-bond donors (Lipinski definition) is 2. The number of nitrogens with one attached hydrogen (secondary N) is 2. The Labute approximate surface area is 167 Å². The Bertz CT molecular complexity index is 889. The lowest BCUT2D eigenvalue weighted by Crippen LogP contribution is -2.38. The molecule has 0 aliphatic carbocycles. The van der Waals surface area contributed by atoms with Crippen LogP contribution >= 0.6 is 0 Å². The molecule has 0 saturated carbocycles. The third kappa shape index (κ3) is 5.38. The number of fused-ring (bicyclic) bond motifs is 1. The summed E-state index contributed by atoms with van der Waals surface area (Å²) in [6.07, 6.45) is 7.09. The first-order valence-electron chi connectivity index (χ1n) is 10.2. The van der Waals surface area contributed by atoms with Crippen LogP contribution in [0.5, 0.6) is 0 Å². The molecule has 0 unspecified atom stereocenters. The number of para-hydroxylation sites is 1. The Kier molecular flexibility index (Phi) is 7.12. The molecule has 1 aromatic carbocycles. The van der Waals surface area contributed by atoms with Crippen LogP contribution in [0.25, 0.3) is 10.9 Å². The predicted molar refractivity (Wildman–Crippen MR) is 116 cm³/mol. The largest absolute Gasteiger partial charge is 0.357 e. The van der Waals surface area contributed by atoms with Gasteiger partial charge in [0.1, 0.15) is 12.4 Å². The average molecular weight is 381 g/mol. The van der Waals surface area contributed by atoms with Crippen LogP contribution < -0.4 is 10.6 Å². The molecule has 0 aliphatic heterocycles. The second kappa shape index (κ2) is 9.97. The van der Waals surface area contributed by atoms with Gasteiger partial charge in [-0.2, -0.15) is 0 Å². The molecule has 0 bridgehead atoms. The summed E-state index contributed by atoms with van der Waals surface area (Å²) in [5, 5.41) is 8.06. The lowest BCUT2D eigenvalue weighted by Gasteiger charge is -2.13. The second-order valence-corrected chi connectivity index (χ2v) is 7.43. The molecule has 6 heteroatoms. The van der Waals surface area contributed by atoms with E-state index in [1.165, 1.54) is 10.9 Å². The molecule has 28 heavy (non-hydrogen) atoms. The molecule has 0 amide bonds. The second-order valence-electron chi connectivity index (χ2n) is 7.43. The first-order valence-corrected chi connectivity index (χ1v) is 10.2. The summed E-state index contributed by atoms with van der Waals surface area (Å²) < 4.78 is 4.50. The van der Waals surface area contributed by atoms with Gasteiger partial charge < -0.3 is 19.8 Å². The number of imidazole rings is 1. The number of aryl methyl sites for hydroxylation is 1. The monoisotopic (exact) mass is 380 g/mol. The molecule has 0 spiro atoms. The van der Waals surface area contributed by atoms with Crippen molar-refractivity contribution in [2.24, 2.45) is 10.9 Å². The van der Waals surface area contributed by atoms with Crippen molar-refractivity contribution < 1.29 is 0 Å². The molecule has 2 aromatic heterocycles. The Morgan fingerprint density at radius 3 is 2.79 bits per heavy atom. The van der Waals surface area contributed by atoms with Gasteiger partial charge in [-0.1, -0.05) is 32.0 Å². The maximum absolute atomic E-state index is 4.71. The van der Waals surface area contributed by atoms with E-state index < -0.39 is 0 Å². The normalized spacial score (nSPS) is 12.1. The highest BCUT2D eigenvalue weighted by atomic mass is 15.2. The lowest BCUT2D eigenvalue weighted by atomic mass is 10.2. The highest BCUT2D eigenvalue weighted by molar-refractivity contribution is 5.80. The van der Waals surface area contributed by atoms with Crippen LogP contribution in [0.4, 0.5) is 0 Å². The van der Waals surface area contributed by atoms with Gasteiger partial charge in [0.15, 0.2) is 5.96 Å². The van der Waals surface area contributed by atoms with Crippen molar-refractivity contribution in [2.45, 2.75) is 46.8 Å². The number of nitrogens with zero attached hydrogens (tertiary/aromatic N) is 4. The van der Waals surface area contributed by atoms with Crippen molar-refractivity contribution >= 4 is 16.9 Å². The van der Waals surface area contributed by atoms with Crippen molar-refractivity contribution in [3.05, 3.63) is 54.7 Å². The maximum Gasteiger partial charge on any atom is 0.191 e. The van der Waals surface area contributed by atoms with Gasteiger partial charge in [-0.15, -0.1) is 0 Å². The third-order valence-electron chi connectivity index (χ3n) is 4.63. The number of rotatable bonds is 9. The van der Waals surface area contributed by atoms with Crippen LogP contribution in [0, 0.1) is 5.92 Å². The number of aromatic nitrogens is 3. The summed E-state index contributed by atoms with van der Waals surface area (Å²) in [6.45, 7) is 10.8. The molecule has 0 atom stereocenters. The van der Waals surface area contributed by atoms with Crippen LogP contribution in [0.3, 0.4) is 0 Å². The first-order chi connectivity index (χ1) is 13.7. The molecule has 2 heterocycles. The van der Waals surface area contributed by atoms with E-state index in [2.05, 4.69) is 82.1 Å². The van der Waals surface area contributed by atoms with E-state index in [1.807, 2.05) is 12.4 Å². The van der Waals surface area contributed by atoms with Gasteiger partial charge in [0.05, 0.1) is 0 Å². The van der Waals surface area contributed by atoms with Gasteiger partial charge >= 0.3 is 0 Å². The van der Waals surface area contributed by atoms with Gasteiger partial charge in [0, 0.05) is 50.3 Å². The number of benzene rings is 1. The summed E-state index contributed by atoms with van der Waals surface area (Å²) in [4.78, 5) is 9.17. The number of guanidine groups is 1. The fourth-order valence-electron chi connectivity index (χ4n) is 3.33. The highest BCUT2D eigenvalue weighted by Crippen LogP contribution is 2.15. The Balaban J connectivity index is 1.51. The molecule has 0 fully saturated rings. The minimum atomic E-state index is 0.581. The Morgan fingerprint density at radius 2 is 1.96 bits per heavy atom. The summed E-state index contributed by atoms with van der Waals surface area (Å²) in [7, 11) is 0. The Hall–Kier alpha value is -2.76. The average Bonchev–Trinajstić information content (AvgIpc) is 3.29. The molecule has 150 valence electrons. The number of aliphatic imine (C=N–C) groups is 1. The van der Waals surface area contributed by atoms with E-state index in [9.17, 15) is 0 Å². The van der Waals surface area contributed by atoms with Crippen LogP contribution in [-0.4, -0.2) is 33.2 Å². The predicted octanol–water partition coefficient (Wildman–Crippen LogP) is 3.64. The van der Waals surface area contributed by atoms with Crippen LogP contribution in [0.1, 0.15) is 33.0 Å². The van der Waals surface area contributed by atoms with E-state index in [0.29, 0.717) is 12.5 Å². The van der Waals surface area contributed by atoms with E-state index in [-0.39, 0.29) is 0 Å². The molecule has 3 aromatic rings. The van der Waals surface area contributed by atoms with Gasteiger partial charge in [0.25, 0.3) is 0 Å². The van der Waals surface area contributed by atoms with Crippen molar-refractivity contribution in [1.82, 2.24) is 24.8 Å². The molecule has 0 aliphatic rings. The minimum absolute atomic E-state index is 0.581. The molecular weight excluding hydrogens is 348 g/mol. The van der Waals surface area contributed by atoms with Crippen LogP contribution in [0.2, 0.25) is 0 Å². The van der Waals surface area contributed by atoms with Crippen molar-refractivity contribution in [3.8, 4) is 0 Å². The fourth-order valence-corrected chi connectivity index (χ4v) is 3.33. The lowest BCUT2D eigenvalue weighted by molar-refractivity contribution is 0.507. The van der Waals surface area contributed by atoms with Crippen LogP contribution in [-0.2, 0) is 19.6 Å². The highest BCUT2D eigenvalue weighted by Gasteiger charge is 2.05.